The van der Waals surface area contributed by atoms with Gasteiger partial charge in [-0.25, -0.2) is 0 Å². The zero-order chi connectivity index (χ0) is 7.82. The van der Waals surface area contributed by atoms with Crippen molar-refractivity contribution in [1.82, 2.24) is 0 Å². The van der Waals surface area contributed by atoms with E-state index >= 15 is 0 Å². The summed E-state index contributed by atoms with van der Waals surface area (Å²) >= 11 is 4.49. The molecule has 0 aliphatic heterocycles. The van der Waals surface area contributed by atoms with Crippen LogP contribution in [0.2, 0.25) is 0 Å². The molecule has 0 atom stereocenters. The van der Waals surface area contributed by atoms with Gasteiger partial charge in [-0.05, 0) is 0 Å². The molecule has 0 N–H and O–H groups in total. The van der Waals surface area contributed by atoms with Gasteiger partial charge in [-0.1, -0.05) is 12.2 Å². The van der Waals surface area contributed by atoms with Crippen molar-refractivity contribution in [3.63, 3.8) is 0 Å². The van der Waals surface area contributed by atoms with Gasteiger partial charge in [0.15, 0.2) is 0 Å². The van der Waals surface area contributed by atoms with Gasteiger partial charge in [0.2, 0.25) is 0 Å². The maximum absolute atomic E-state index is 9.78. The summed E-state index contributed by atoms with van der Waals surface area (Å²) in [4.78, 5) is 9.78. The normalized spacial score (nSPS) is 13.6. The maximum atomic E-state index is 9.78. The van der Waals surface area contributed by atoms with Gasteiger partial charge >= 0.3 is 49.1 Å². The minimum absolute atomic E-state index is 0. The second-order valence-corrected chi connectivity index (χ2v) is 10.2. The van der Waals surface area contributed by atoms with Gasteiger partial charge < -0.3 is 12.2 Å². The van der Waals surface area contributed by atoms with Gasteiger partial charge in [0, 0.05) is 0 Å². The molecule has 4 heteroatoms. The Labute approximate surface area is 96.7 Å². The molecule has 0 saturated heterocycles. The van der Waals surface area contributed by atoms with E-state index in [1.807, 2.05) is 18.4 Å². The summed E-state index contributed by atoms with van der Waals surface area (Å²) in [5.74, 6) is -0.0694. The summed E-state index contributed by atoms with van der Waals surface area (Å²) in [5.41, 5.74) is 0. The van der Waals surface area contributed by atoms with Crippen molar-refractivity contribution in [2.45, 2.75) is 0 Å². The van der Waals surface area contributed by atoms with Crippen LogP contribution in [0.4, 0.5) is 0 Å². The quantitative estimate of drug-likeness (QED) is 0.471. The Kier molecular flexibility index (Phi) is 14.8. The third-order valence-corrected chi connectivity index (χ3v) is 0.884. The first-order valence-electron chi connectivity index (χ1n) is 2.41. The topological polar surface area (TPSA) is 17.1 Å². The molecule has 0 fully saturated rings. The molecule has 0 aromatic rings. The second kappa shape index (κ2) is 11.1. The molecule has 0 radical (unpaired) electrons. The van der Waals surface area contributed by atoms with Crippen molar-refractivity contribution in [3.8, 4) is 0 Å². The molecule has 1 aliphatic rings. The van der Waals surface area contributed by atoms with E-state index in [2.05, 4.69) is 40.8 Å². The monoisotopic (exact) mass is 421 g/mol. The molecule has 0 amide bonds. The molecule has 67 valence electrons. The van der Waals surface area contributed by atoms with Gasteiger partial charge in [-0.15, -0.1) is 18.1 Å². The van der Waals surface area contributed by atoms with Crippen LogP contribution in [0.3, 0.4) is 0 Å². The van der Waals surface area contributed by atoms with E-state index in [-0.39, 0.29) is 13.3 Å². The molecule has 0 saturated carbocycles. The van der Waals surface area contributed by atoms with Gasteiger partial charge in [-0.2, -0.15) is 0 Å². The molecule has 0 heterocycles. The Morgan fingerprint density at radius 1 is 1.27 bits per heavy atom. The second-order valence-electron chi connectivity index (χ2n) is 1.46. The van der Waals surface area contributed by atoms with Crippen LogP contribution in [0.1, 0.15) is 0 Å². The van der Waals surface area contributed by atoms with Crippen LogP contribution in [0, 0.1) is 13.3 Å². The predicted molar refractivity (Wildman–Crippen MR) is 61.9 cm³/mol. The first-order chi connectivity index (χ1) is 4.85. The molecule has 0 spiro atoms. The Morgan fingerprint density at radius 3 is 1.82 bits per heavy atom. The van der Waals surface area contributed by atoms with Gasteiger partial charge in [-0.3, -0.25) is 6.29 Å². The molecule has 0 aromatic heterocycles. The molecule has 11 heavy (non-hydrogen) atoms. The van der Waals surface area contributed by atoms with Crippen molar-refractivity contribution in [2.24, 2.45) is 5.92 Å². The van der Waals surface area contributed by atoms with E-state index in [1.165, 1.54) is 8.26 Å². The SMILES string of the molecule is O=[C-]C1C=CC=C1.[CH3-].[I][Co][I]. The molecular formula is C7H8CoI2O-2. The van der Waals surface area contributed by atoms with Crippen LogP contribution in [0.5, 0.6) is 0 Å². The van der Waals surface area contributed by atoms with E-state index < -0.39 is 0 Å². The summed E-state index contributed by atoms with van der Waals surface area (Å²) in [5, 5.41) is 0. The Morgan fingerprint density at radius 2 is 1.64 bits per heavy atom. The summed E-state index contributed by atoms with van der Waals surface area (Å²) in [6.07, 6.45) is 9.12. The van der Waals surface area contributed by atoms with Crippen LogP contribution < -0.4 is 0 Å². The number of hydrogen-bond acceptors (Lipinski definition) is 1. The Bertz CT molecular complexity index is 133. The molecule has 0 aromatic carbocycles. The standard InChI is InChI=1S/C6H5O.CH3.Co.2HI/c7-5-6-3-1-2-4-6;;;;/h1-4,6H;1H3;;2*1H/q2*-1;+2;;/p-2. The van der Waals surface area contributed by atoms with Crippen molar-refractivity contribution in [1.29, 1.82) is 0 Å². The van der Waals surface area contributed by atoms with Crippen LogP contribution in [0.25, 0.3) is 0 Å². The average molecular weight is 421 g/mol. The average Bonchev–Trinajstić information content (AvgIpc) is 2.39. The molecule has 0 unspecified atom stereocenters. The Balaban J connectivity index is 0. The van der Waals surface area contributed by atoms with Crippen molar-refractivity contribution >= 4 is 47.1 Å². The molecule has 1 aliphatic carbocycles. The molecule has 1 nitrogen and oxygen atoms in total. The van der Waals surface area contributed by atoms with Gasteiger partial charge in [0.25, 0.3) is 0 Å². The molecule has 1 rings (SSSR count). The van der Waals surface area contributed by atoms with Crippen LogP contribution >= 0.6 is 40.8 Å². The zero-order valence-electron chi connectivity index (χ0n) is 5.88. The van der Waals surface area contributed by atoms with Gasteiger partial charge in [0.1, 0.15) is 0 Å². The predicted octanol–water partition coefficient (Wildman–Crippen LogP) is 3.06. The summed E-state index contributed by atoms with van der Waals surface area (Å²) in [7, 11) is 1.38. The van der Waals surface area contributed by atoms with Crippen molar-refractivity contribution in [2.75, 3.05) is 0 Å². The molecule has 0 bridgehead atoms. The fourth-order valence-electron chi connectivity index (χ4n) is 0.510. The summed E-state index contributed by atoms with van der Waals surface area (Å²) < 4.78 is 0. The summed E-state index contributed by atoms with van der Waals surface area (Å²) in [6, 6.07) is 0. The fraction of sp³-hybridized carbons (Fsp3) is 0.143. The number of hydrogen-bond donors (Lipinski definition) is 0. The van der Waals surface area contributed by atoms with E-state index in [9.17, 15) is 4.79 Å². The molecular weight excluding hydrogens is 413 g/mol. The van der Waals surface area contributed by atoms with Crippen LogP contribution in [-0.4, -0.2) is 6.29 Å². The number of rotatable bonds is 1. The third kappa shape index (κ3) is 9.03. The first-order valence-corrected chi connectivity index (χ1v) is 9.13. The van der Waals surface area contributed by atoms with Crippen molar-refractivity contribution < 1.29 is 13.1 Å². The van der Waals surface area contributed by atoms with Gasteiger partial charge in [0.05, 0.1) is 0 Å². The Hall–Kier alpha value is 1.12. The van der Waals surface area contributed by atoms with E-state index in [1.54, 1.807) is 12.2 Å². The zero-order valence-corrected chi connectivity index (χ0v) is 11.2. The number of allylic oxidation sites excluding steroid dienone is 4. The fourth-order valence-corrected chi connectivity index (χ4v) is 0.510. The van der Waals surface area contributed by atoms with E-state index in [0.717, 1.165) is 0 Å². The minimum atomic E-state index is -0.0694. The van der Waals surface area contributed by atoms with E-state index in [0.29, 0.717) is 0 Å². The van der Waals surface area contributed by atoms with Crippen LogP contribution in [0.15, 0.2) is 24.3 Å². The van der Waals surface area contributed by atoms with Crippen LogP contribution in [-0.2, 0) is 13.1 Å². The van der Waals surface area contributed by atoms with Crippen molar-refractivity contribution in [3.05, 3.63) is 31.7 Å². The summed E-state index contributed by atoms with van der Waals surface area (Å²) in [6.45, 7) is 0. The number of carbonyl (C=O) groups excluding carboxylic acids is 1. The van der Waals surface area contributed by atoms with E-state index in [4.69, 9.17) is 0 Å². The number of halogens is 2. The first kappa shape index (κ1) is 14.6. The third-order valence-electron chi connectivity index (χ3n) is 0.884.